The van der Waals surface area contributed by atoms with Gasteiger partial charge in [0.15, 0.2) is 11.5 Å². The van der Waals surface area contributed by atoms with Gasteiger partial charge in [0.05, 0.1) is 14.2 Å². The molecule has 2 heterocycles. The normalized spacial score (nSPS) is 19.3. The van der Waals surface area contributed by atoms with Crippen molar-refractivity contribution >= 4 is 16.6 Å². The van der Waals surface area contributed by atoms with Crippen LogP contribution in [0.5, 0.6) is 11.5 Å². The molecule has 26 heavy (non-hydrogen) atoms. The molecular weight excluding hydrogens is 326 g/mol. The fraction of sp³-hybridized carbons (Fsp3) is 0.500. The highest BCUT2D eigenvalue weighted by Crippen LogP contribution is 2.40. The van der Waals surface area contributed by atoms with Gasteiger partial charge in [-0.2, -0.15) is 0 Å². The first-order chi connectivity index (χ1) is 12.6. The second kappa shape index (κ2) is 6.92. The number of Topliss-reactive ketones (excluding diaryl/α,β-unsaturated/α-hetero) is 1. The molecule has 0 aromatic heterocycles. The van der Waals surface area contributed by atoms with Crippen LogP contribution in [0.1, 0.15) is 42.9 Å². The molecule has 0 N–H and O–H groups in total. The lowest BCUT2D eigenvalue weighted by Gasteiger charge is -2.34. The maximum Gasteiger partial charge on any atom is 0.161 e. The maximum absolute atomic E-state index is 11.6. The van der Waals surface area contributed by atoms with Crippen LogP contribution in [0.15, 0.2) is 18.2 Å². The van der Waals surface area contributed by atoms with Crippen LogP contribution in [0.3, 0.4) is 0 Å². The number of hydrogen-bond acceptors (Lipinski definition) is 4. The molecule has 0 radical (unpaired) electrons. The highest BCUT2D eigenvalue weighted by Gasteiger charge is 2.32. The molecule has 2 aromatic rings. The molecular formula is C22H27NO3. The number of fused-ring (bicyclic) bond motifs is 4. The van der Waals surface area contributed by atoms with E-state index in [0.717, 1.165) is 30.9 Å². The van der Waals surface area contributed by atoms with E-state index in [2.05, 4.69) is 23.1 Å². The van der Waals surface area contributed by atoms with Gasteiger partial charge in [-0.25, -0.2) is 0 Å². The van der Waals surface area contributed by atoms with Gasteiger partial charge >= 0.3 is 0 Å². The van der Waals surface area contributed by atoms with E-state index in [4.69, 9.17) is 9.47 Å². The van der Waals surface area contributed by atoms with Gasteiger partial charge in [-0.3, -0.25) is 4.90 Å². The molecule has 0 spiro atoms. The van der Waals surface area contributed by atoms with Gasteiger partial charge in [0.1, 0.15) is 5.78 Å². The smallest absolute Gasteiger partial charge is 0.161 e. The Balaban J connectivity index is 1.89. The minimum atomic E-state index is 0.251. The number of ketones is 1. The lowest BCUT2D eigenvalue weighted by atomic mass is 9.85. The monoisotopic (exact) mass is 353 g/mol. The van der Waals surface area contributed by atoms with Crippen LogP contribution >= 0.6 is 0 Å². The molecule has 2 aromatic carbocycles. The van der Waals surface area contributed by atoms with Crippen molar-refractivity contribution in [3.05, 3.63) is 34.9 Å². The average molecular weight is 353 g/mol. The molecule has 1 unspecified atom stereocenters. The summed E-state index contributed by atoms with van der Waals surface area (Å²) in [5.41, 5.74) is 4.20. The third-order valence-electron chi connectivity index (χ3n) is 6.01. The lowest BCUT2D eigenvalue weighted by Crippen LogP contribution is -2.36. The Morgan fingerprint density at radius 3 is 2.65 bits per heavy atom. The molecule has 138 valence electrons. The fourth-order valence-electron chi connectivity index (χ4n) is 4.64. The maximum atomic E-state index is 11.6. The predicted octanol–water partition coefficient (Wildman–Crippen LogP) is 3.90. The van der Waals surface area contributed by atoms with Gasteiger partial charge < -0.3 is 14.3 Å². The van der Waals surface area contributed by atoms with E-state index in [1.165, 1.54) is 46.8 Å². The molecule has 2 aliphatic rings. The number of ether oxygens (including phenoxy) is 2. The number of hydrogen-bond donors (Lipinski definition) is 0. The van der Waals surface area contributed by atoms with Crippen LogP contribution in [0.25, 0.3) is 10.8 Å². The molecule has 0 amide bonds. The van der Waals surface area contributed by atoms with Crippen LogP contribution < -0.4 is 9.47 Å². The summed E-state index contributed by atoms with van der Waals surface area (Å²) in [6.07, 6.45) is 5.09. The van der Waals surface area contributed by atoms with E-state index >= 15 is 0 Å². The second-order valence-electron chi connectivity index (χ2n) is 7.59. The van der Waals surface area contributed by atoms with Crippen molar-refractivity contribution in [1.82, 2.24) is 4.90 Å². The summed E-state index contributed by atoms with van der Waals surface area (Å²) < 4.78 is 11.1. The Morgan fingerprint density at radius 2 is 1.92 bits per heavy atom. The summed E-state index contributed by atoms with van der Waals surface area (Å²) in [5.74, 6) is 1.80. The van der Waals surface area contributed by atoms with Crippen LogP contribution in [0, 0.1) is 0 Å². The molecule has 4 nitrogen and oxygen atoms in total. The van der Waals surface area contributed by atoms with Crippen molar-refractivity contribution in [2.24, 2.45) is 0 Å². The van der Waals surface area contributed by atoms with Gasteiger partial charge in [0.2, 0.25) is 0 Å². The molecule has 0 saturated carbocycles. The molecule has 1 saturated heterocycles. The van der Waals surface area contributed by atoms with E-state index in [1.54, 1.807) is 21.1 Å². The van der Waals surface area contributed by atoms with Gasteiger partial charge in [0.25, 0.3) is 0 Å². The zero-order valence-electron chi connectivity index (χ0n) is 15.9. The Hall–Kier alpha value is -2.07. The quantitative estimate of drug-likeness (QED) is 0.817. The first-order valence-electron chi connectivity index (χ1n) is 9.53. The first-order valence-corrected chi connectivity index (χ1v) is 9.53. The van der Waals surface area contributed by atoms with Gasteiger partial charge in [-0.15, -0.1) is 0 Å². The summed E-state index contributed by atoms with van der Waals surface area (Å²) in [7, 11) is 3.37. The Morgan fingerprint density at radius 1 is 1.15 bits per heavy atom. The molecule has 1 atom stereocenters. The number of nitrogens with zero attached hydrogens (tertiary/aromatic N) is 1. The van der Waals surface area contributed by atoms with Crippen LogP contribution in [-0.2, 0) is 24.2 Å². The van der Waals surface area contributed by atoms with E-state index < -0.39 is 0 Å². The molecule has 2 aliphatic heterocycles. The van der Waals surface area contributed by atoms with Gasteiger partial charge in [0, 0.05) is 19.0 Å². The molecule has 4 rings (SSSR count). The standard InChI is InChI=1S/C22H27NO3/c1-14(24)6-7-15-9-16-10-21(25-2)22(26-3)12-18(16)19-11-17-5-4-8-23(17)13-20(15)19/h9-10,12,17H,4-8,11,13H2,1-3H3. The van der Waals surface area contributed by atoms with Crippen LogP contribution in [0.2, 0.25) is 0 Å². The van der Waals surface area contributed by atoms with Gasteiger partial charge in [-0.1, -0.05) is 6.07 Å². The number of benzene rings is 2. The van der Waals surface area contributed by atoms with Crippen molar-refractivity contribution < 1.29 is 14.3 Å². The number of aryl methyl sites for hydroxylation is 1. The van der Waals surface area contributed by atoms with Crippen LogP contribution in [-0.4, -0.2) is 37.5 Å². The Kier molecular flexibility index (Phi) is 4.62. The number of carbonyl (C=O) groups excluding carboxylic acids is 1. The van der Waals surface area contributed by atoms with E-state index in [1.807, 2.05) is 0 Å². The third kappa shape index (κ3) is 2.96. The summed E-state index contributed by atoms with van der Waals surface area (Å²) in [6.45, 7) is 3.88. The summed E-state index contributed by atoms with van der Waals surface area (Å²) >= 11 is 0. The fourth-order valence-corrected chi connectivity index (χ4v) is 4.64. The summed E-state index contributed by atoms with van der Waals surface area (Å²) in [4.78, 5) is 14.2. The van der Waals surface area contributed by atoms with E-state index in [0.29, 0.717) is 12.5 Å². The van der Waals surface area contributed by atoms with Crippen molar-refractivity contribution in [2.75, 3.05) is 20.8 Å². The SMILES string of the molecule is COc1cc2cc(CCC(C)=O)c3c(c2cc1OC)CC1CCCN1C3. The molecule has 0 bridgehead atoms. The topological polar surface area (TPSA) is 38.8 Å². The molecule has 4 heteroatoms. The highest BCUT2D eigenvalue weighted by atomic mass is 16.5. The summed E-state index contributed by atoms with van der Waals surface area (Å²) in [6, 6.07) is 7.12. The van der Waals surface area contributed by atoms with E-state index in [-0.39, 0.29) is 5.78 Å². The minimum Gasteiger partial charge on any atom is -0.493 e. The lowest BCUT2D eigenvalue weighted by molar-refractivity contribution is -0.116. The molecule has 1 fully saturated rings. The Labute approximate surface area is 155 Å². The third-order valence-corrected chi connectivity index (χ3v) is 6.01. The minimum absolute atomic E-state index is 0.251. The van der Waals surface area contributed by atoms with Crippen LogP contribution in [0.4, 0.5) is 0 Å². The first kappa shape index (κ1) is 17.3. The van der Waals surface area contributed by atoms with Crippen molar-refractivity contribution in [3.63, 3.8) is 0 Å². The second-order valence-corrected chi connectivity index (χ2v) is 7.59. The zero-order chi connectivity index (χ0) is 18.3. The molecule has 0 aliphatic carbocycles. The summed E-state index contributed by atoms with van der Waals surface area (Å²) in [5, 5.41) is 2.46. The number of methoxy groups -OCH3 is 2. The van der Waals surface area contributed by atoms with Crippen molar-refractivity contribution in [1.29, 1.82) is 0 Å². The Bertz CT molecular complexity index is 858. The zero-order valence-corrected chi connectivity index (χ0v) is 15.9. The van der Waals surface area contributed by atoms with Gasteiger partial charge in [-0.05, 0) is 78.7 Å². The average Bonchev–Trinajstić information content (AvgIpc) is 3.10. The number of carbonyl (C=O) groups is 1. The van der Waals surface area contributed by atoms with E-state index in [9.17, 15) is 4.79 Å². The van der Waals surface area contributed by atoms with Crippen molar-refractivity contribution in [3.8, 4) is 11.5 Å². The highest BCUT2D eigenvalue weighted by molar-refractivity contribution is 5.91. The predicted molar refractivity (Wildman–Crippen MR) is 103 cm³/mol. The largest absolute Gasteiger partial charge is 0.493 e. The van der Waals surface area contributed by atoms with Crippen molar-refractivity contribution in [2.45, 2.75) is 51.6 Å². The number of rotatable bonds is 5.